The van der Waals surface area contributed by atoms with Crippen LogP contribution in [0.4, 0.5) is 5.69 Å². The zero-order valence-electron chi connectivity index (χ0n) is 15.4. The van der Waals surface area contributed by atoms with Gasteiger partial charge in [-0.05, 0) is 49.2 Å². The molecule has 1 amide bonds. The van der Waals surface area contributed by atoms with E-state index in [0.717, 1.165) is 17.7 Å². The predicted molar refractivity (Wildman–Crippen MR) is 106 cm³/mol. The van der Waals surface area contributed by atoms with Crippen molar-refractivity contribution in [2.24, 2.45) is 0 Å². The van der Waals surface area contributed by atoms with Crippen LogP contribution in [0.3, 0.4) is 0 Å². The molecule has 1 N–H and O–H groups in total. The molecule has 0 atom stereocenters. The lowest BCUT2D eigenvalue weighted by molar-refractivity contribution is -0.118. The molecule has 4 nitrogen and oxygen atoms in total. The molecule has 2 aromatic rings. The van der Waals surface area contributed by atoms with Crippen LogP contribution in [0.2, 0.25) is 5.02 Å². The first-order valence-electron chi connectivity index (χ1n) is 9.00. The Balaban J connectivity index is 1.80. The second kappa shape index (κ2) is 10.7. The number of amides is 1. The number of hydrogen-bond donors (Lipinski definition) is 1. The maximum absolute atomic E-state index is 12.1. The number of benzene rings is 2. The molecule has 26 heavy (non-hydrogen) atoms. The van der Waals surface area contributed by atoms with E-state index in [1.807, 2.05) is 31.2 Å². The van der Waals surface area contributed by atoms with Crippen LogP contribution in [0, 0.1) is 6.92 Å². The Bertz CT molecular complexity index is 718. The molecule has 0 saturated heterocycles. The van der Waals surface area contributed by atoms with Gasteiger partial charge >= 0.3 is 0 Å². The second-order valence-corrected chi connectivity index (χ2v) is 6.62. The summed E-state index contributed by atoms with van der Waals surface area (Å²) in [5.41, 5.74) is 1.58. The number of anilines is 1. The van der Waals surface area contributed by atoms with Crippen molar-refractivity contribution in [2.75, 3.05) is 18.5 Å². The molecule has 2 aromatic carbocycles. The molecule has 0 aliphatic carbocycles. The number of rotatable bonds is 10. The maximum Gasteiger partial charge on any atom is 0.262 e. The number of carbonyl (C=O) groups is 1. The van der Waals surface area contributed by atoms with Gasteiger partial charge in [0.1, 0.15) is 11.5 Å². The van der Waals surface area contributed by atoms with Crippen molar-refractivity contribution in [2.45, 2.75) is 39.5 Å². The zero-order valence-corrected chi connectivity index (χ0v) is 16.1. The fraction of sp³-hybridized carbons (Fsp3) is 0.381. The van der Waals surface area contributed by atoms with Gasteiger partial charge in [-0.3, -0.25) is 4.79 Å². The number of ether oxygens (including phenoxy) is 2. The predicted octanol–water partition coefficient (Wildman–Crippen LogP) is 5.63. The molecule has 0 aliphatic heterocycles. The first-order valence-corrected chi connectivity index (χ1v) is 9.38. The van der Waals surface area contributed by atoms with Crippen molar-refractivity contribution in [1.82, 2.24) is 0 Å². The van der Waals surface area contributed by atoms with Gasteiger partial charge in [0.2, 0.25) is 0 Å². The van der Waals surface area contributed by atoms with Gasteiger partial charge in [0.15, 0.2) is 6.61 Å². The van der Waals surface area contributed by atoms with Crippen molar-refractivity contribution in [1.29, 1.82) is 0 Å². The average molecular weight is 376 g/mol. The van der Waals surface area contributed by atoms with Crippen LogP contribution in [-0.2, 0) is 4.79 Å². The Morgan fingerprint density at radius 2 is 1.92 bits per heavy atom. The minimum atomic E-state index is -0.223. The topological polar surface area (TPSA) is 47.6 Å². The number of halogens is 1. The molecule has 0 bridgehead atoms. The first kappa shape index (κ1) is 20.1. The van der Waals surface area contributed by atoms with E-state index in [1.54, 1.807) is 18.2 Å². The van der Waals surface area contributed by atoms with Crippen LogP contribution in [-0.4, -0.2) is 19.1 Å². The van der Waals surface area contributed by atoms with Crippen molar-refractivity contribution in [3.63, 3.8) is 0 Å². The maximum atomic E-state index is 12.1. The summed E-state index contributed by atoms with van der Waals surface area (Å²) in [4.78, 5) is 12.1. The number of aryl methyl sites for hydroxylation is 1. The van der Waals surface area contributed by atoms with Gasteiger partial charge in [0.25, 0.3) is 5.91 Å². The number of nitrogens with one attached hydrogen (secondary N) is 1. The molecule has 0 spiro atoms. The van der Waals surface area contributed by atoms with Crippen molar-refractivity contribution >= 4 is 23.2 Å². The number of unbranched alkanes of at least 4 members (excludes halogenated alkanes) is 3. The van der Waals surface area contributed by atoms with Crippen LogP contribution in [0.15, 0.2) is 42.5 Å². The second-order valence-electron chi connectivity index (χ2n) is 6.18. The fourth-order valence-electron chi connectivity index (χ4n) is 2.50. The van der Waals surface area contributed by atoms with Gasteiger partial charge in [0, 0.05) is 16.8 Å². The Hall–Kier alpha value is -2.20. The molecule has 0 aliphatic rings. The third-order valence-corrected chi connectivity index (χ3v) is 4.12. The van der Waals surface area contributed by atoms with E-state index >= 15 is 0 Å². The Kier molecular flexibility index (Phi) is 8.29. The summed E-state index contributed by atoms with van der Waals surface area (Å²) in [6.45, 7) is 4.70. The van der Waals surface area contributed by atoms with Crippen LogP contribution >= 0.6 is 11.6 Å². The molecule has 0 heterocycles. The van der Waals surface area contributed by atoms with Gasteiger partial charge in [-0.25, -0.2) is 0 Å². The Labute approximate surface area is 160 Å². The monoisotopic (exact) mass is 375 g/mol. The summed E-state index contributed by atoms with van der Waals surface area (Å²) in [6, 6.07) is 12.7. The molecular formula is C21H26ClNO3. The highest BCUT2D eigenvalue weighted by molar-refractivity contribution is 6.30. The molecule has 140 valence electrons. The molecule has 0 fully saturated rings. The third kappa shape index (κ3) is 6.96. The molecule has 5 heteroatoms. The summed E-state index contributed by atoms with van der Waals surface area (Å²) in [6.07, 6.45) is 4.65. The highest BCUT2D eigenvalue weighted by Gasteiger charge is 2.07. The van der Waals surface area contributed by atoms with E-state index in [-0.39, 0.29) is 12.5 Å². The first-order chi connectivity index (χ1) is 12.6. The van der Waals surface area contributed by atoms with E-state index in [9.17, 15) is 4.79 Å². The molecule has 0 aromatic heterocycles. The van der Waals surface area contributed by atoms with Gasteiger partial charge in [-0.15, -0.1) is 0 Å². The van der Waals surface area contributed by atoms with Gasteiger partial charge in [-0.2, -0.15) is 0 Å². The largest absolute Gasteiger partial charge is 0.494 e. The summed E-state index contributed by atoms with van der Waals surface area (Å²) in [5, 5.41) is 3.47. The van der Waals surface area contributed by atoms with Gasteiger partial charge in [-0.1, -0.05) is 43.9 Å². The average Bonchev–Trinajstić information content (AvgIpc) is 2.61. The Morgan fingerprint density at radius 3 is 2.69 bits per heavy atom. The minimum absolute atomic E-state index is 0.0649. The summed E-state index contributed by atoms with van der Waals surface area (Å²) in [7, 11) is 0. The van der Waals surface area contributed by atoms with Crippen molar-refractivity contribution in [3.05, 3.63) is 53.1 Å². The van der Waals surface area contributed by atoms with Crippen LogP contribution in [0.5, 0.6) is 11.5 Å². The fourth-order valence-corrected chi connectivity index (χ4v) is 2.72. The molecule has 0 saturated carbocycles. The molecule has 0 radical (unpaired) electrons. The van der Waals surface area contributed by atoms with Crippen molar-refractivity contribution < 1.29 is 14.3 Å². The highest BCUT2D eigenvalue weighted by atomic mass is 35.5. The van der Waals surface area contributed by atoms with Gasteiger partial charge in [0.05, 0.1) is 6.61 Å². The lowest BCUT2D eigenvalue weighted by Crippen LogP contribution is -2.20. The van der Waals surface area contributed by atoms with E-state index in [2.05, 4.69) is 12.2 Å². The third-order valence-electron chi connectivity index (χ3n) is 3.88. The number of hydrogen-bond acceptors (Lipinski definition) is 3. The SMILES string of the molecule is CCCCCCOc1cccc(NC(=O)COc2ccc(Cl)cc2C)c1. The van der Waals surface area contributed by atoms with E-state index in [0.29, 0.717) is 23.1 Å². The van der Waals surface area contributed by atoms with E-state index < -0.39 is 0 Å². The normalized spacial score (nSPS) is 10.4. The van der Waals surface area contributed by atoms with Crippen LogP contribution in [0.1, 0.15) is 38.2 Å². The summed E-state index contributed by atoms with van der Waals surface area (Å²) >= 11 is 5.92. The van der Waals surface area contributed by atoms with E-state index in [1.165, 1.54) is 19.3 Å². The molecule has 2 rings (SSSR count). The lowest BCUT2D eigenvalue weighted by Gasteiger charge is -2.11. The van der Waals surface area contributed by atoms with Crippen LogP contribution in [0.25, 0.3) is 0 Å². The number of carbonyl (C=O) groups excluding carboxylic acids is 1. The summed E-state index contributed by atoms with van der Waals surface area (Å²) in [5.74, 6) is 1.18. The molecule has 0 unspecified atom stereocenters. The quantitative estimate of drug-likeness (QED) is 0.548. The highest BCUT2D eigenvalue weighted by Crippen LogP contribution is 2.22. The zero-order chi connectivity index (χ0) is 18.8. The summed E-state index contributed by atoms with van der Waals surface area (Å²) < 4.78 is 11.3. The van der Waals surface area contributed by atoms with Crippen molar-refractivity contribution in [3.8, 4) is 11.5 Å². The smallest absolute Gasteiger partial charge is 0.262 e. The van der Waals surface area contributed by atoms with Crippen LogP contribution < -0.4 is 14.8 Å². The molecular weight excluding hydrogens is 350 g/mol. The van der Waals surface area contributed by atoms with Gasteiger partial charge < -0.3 is 14.8 Å². The standard InChI is InChI=1S/C21H26ClNO3/c1-3-4-5-6-12-25-19-9-7-8-18(14-19)23-21(24)15-26-20-11-10-17(22)13-16(20)2/h7-11,13-14H,3-6,12,15H2,1-2H3,(H,23,24). The van der Waals surface area contributed by atoms with E-state index in [4.69, 9.17) is 21.1 Å². The minimum Gasteiger partial charge on any atom is -0.494 e. The Morgan fingerprint density at radius 1 is 1.08 bits per heavy atom. The lowest BCUT2D eigenvalue weighted by atomic mass is 10.2.